The standard InChI is InChI=1S/C81H157NO5/c1-3-5-7-9-11-13-15-17-19-21-22-23-33-36-39-42-45-49-53-57-61-65-69-73-79(84)78(77-83)82-80(85)74-70-66-62-58-54-50-46-43-40-37-34-31-29-27-25-24-26-28-30-32-35-38-41-44-48-52-56-60-64-68-72-76-87-81(86)75-71-67-63-59-55-51-47-20-18-16-14-12-10-8-6-4-2/h26,28,32,35,78-79,83-84H,3-25,27,29-31,33-34,36-77H2,1-2H3,(H,82,85)/b28-26-,35-32-. The number of ether oxygens (including phenoxy) is 1. The van der Waals surface area contributed by atoms with Gasteiger partial charge in [-0.2, -0.15) is 0 Å². The molecule has 0 spiro atoms. The van der Waals surface area contributed by atoms with Gasteiger partial charge in [-0.05, 0) is 57.8 Å². The zero-order valence-corrected chi connectivity index (χ0v) is 59.3. The van der Waals surface area contributed by atoms with E-state index in [-0.39, 0.29) is 18.5 Å². The van der Waals surface area contributed by atoms with Crippen molar-refractivity contribution in [1.29, 1.82) is 0 Å². The second-order valence-corrected chi connectivity index (χ2v) is 27.8. The fraction of sp³-hybridized carbons (Fsp3) is 0.926. The van der Waals surface area contributed by atoms with Gasteiger partial charge in [0.25, 0.3) is 0 Å². The molecule has 0 aliphatic heterocycles. The lowest BCUT2D eigenvalue weighted by atomic mass is 10.0. The number of amides is 1. The predicted molar refractivity (Wildman–Crippen MR) is 384 cm³/mol. The Morgan fingerprint density at radius 3 is 0.874 bits per heavy atom. The van der Waals surface area contributed by atoms with E-state index < -0.39 is 12.1 Å². The summed E-state index contributed by atoms with van der Waals surface area (Å²) in [5.74, 6) is -0.0110. The lowest BCUT2D eigenvalue weighted by molar-refractivity contribution is -0.143. The molecule has 1 amide bonds. The lowest BCUT2D eigenvalue weighted by Gasteiger charge is -2.22. The molecule has 0 rings (SSSR count). The van der Waals surface area contributed by atoms with Gasteiger partial charge in [-0.3, -0.25) is 9.59 Å². The first-order valence-corrected chi connectivity index (χ1v) is 40.1. The summed E-state index contributed by atoms with van der Waals surface area (Å²) in [5, 5.41) is 23.5. The molecule has 0 radical (unpaired) electrons. The van der Waals surface area contributed by atoms with Crippen LogP contribution in [0.4, 0.5) is 0 Å². The van der Waals surface area contributed by atoms with Crippen molar-refractivity contribution in [1.82, 2.24) is 5.32 Å². The fourth-order valence-electron chi connectivity index (χ4n) is 12.9. The molecule has 87 heavy (non-hydrogen) atoms. The largest absolute Gasteiger partial charge is 0.466 e. The summed E-state index contributed by atoms with van der Waals surface area (Å²) in [4.78, 5) is 24.7. The van der Waals surface area contributed by atoms with Gasteiger partial charge in [0, 0.05) is 12.8 Å². The van der Waals surface area contributed by atoms with Gasteiger partial charge in [-0.25, -0.2) is 0 Å². The Balaban J connectivity index is 3.38. The van der Waals surface area contributed by atoms with Crippen LogP contribution in [0.5, 0.6) is 0 Å². The smallest absolute Gasteiger partial charge is 0.305 e. The molecule has 6 nitrogen and oxygen atoms in total. The Labute approximate surface area is 545 Å². The van der Waals surface area contributed by atoms with Gasteiger partial charge in [-0.15, -0.1) is 0 Å². The van der Waals surface area contributed by atoms with E-state index in [1.807, 2.05) is 0 Å². The molecular formula is C81H157NO5. The number of esters is 1. The first-order valence-electron chi connectivity index (χ1n) is 40.1. The Kier molecular flexibility index (Phi) is 75.3. The van der Waals surface area contributed by atoms with Crippen LogP contribution in [0.15, 0.2) is 24.3 Å². The molecule has 6 heteroatoms. The number of carbonyl (C=O) groups excluding carboxylic acids is 2. The Hall–Kier alpha value is -1.66. The predicted octanol–water partition coefficient (Wildman–Crippen LogP) is 26.4. The van der Waals surface area contributed by atoms with Crippen LogP contribution in [-0.2, 0) is 14.3 Å². The molecule has 3 N–H and O–H groups in total. The average Bonchev–Trinajstić information content (AvgIpc) is 3.53. The zero-order chi connectivity index (χ0) is 62.8. The number of allylic oxidation sites excluding steroid dienone is 4. The van der Waals surface area contributed by atoms with Crippen LogP contribution in [0, 0.1) is 0 Å². The third-order valence-electron chi connectivity index (χ3n) is 19.0. The van der Waals surface area contributed by atoms with Crippen LogP contribution in [0.1, 0.15) is 457 Å². The summed E-state index contributed by atoms with van der Waals surface area (Å²) in [7, 11) is 0. The van der Waals surface area contributed by atoms with Crippen LogP contribution in [-0.4, -0.2) is 47.4 Å². The van der Waals surface area contributed by atoms with Crippen molar-refractivity contribution in [3.8, 4) is 0 Å². The van der Waals surface area contributed by atoms with Crippen molar-refractivity contribution in [3.05, 3.63) is 24.3 Å². The van der Waals surface area contributed by atoms with E-state index in [9.17, 15) is 19.8 Å². The maximum Gasteiger partial charge on any atom is 0.305 e. The SMILES string of the molecule is CCCCCCCCCCCCCCCCCCCCCCCCCC(O)C(CO)NC(=O)CCCCCCCCCCCCCCCCC/C=C\C/C=C\CCCCCCCCCCCOC(=O)CCCCCCCCCCCCCCCCCC. The number of nitrogens with one attached hydrogen (secondary N) is 1. The molecule has 0 heterocycles. The van der Waals surface area contributed by atoms with E-state index in [1.165, 1.54) is 379 Å². The topological polar surface area (TPSA) is 95.9 Å². The van der Waals surface area contributed by atoms with Gasteiger partial charge in [0.05, 0.1) is 25.4 Å². The van der Waals surface area contributed by atoms with Gasteiger partial charge in [0.15, 0.2) is 0 Å². The van der Waals surface area contributed by atoms with Crippen LogP contribution in [0.3, 0.4) is 0 Å². The van der Waals surface area contributed by atoms with Gasteiger partial charge in [0.1, 0.15) is 0 Å². The highest BCUT2D eigenvalue weighted by Gasteiger charge is 2.20. The minimum absolute atomic E-state index is 0.0178. The maximum atomic E-state index is 12.6. The Bertz CT molecular complexity index is 1360. The number of unbranched alkanes of at least 4 members (excludes halogenated alkanes) is 61. The number of hydrogen-bond donors (Lipinski definition) is 3. The number of hydrogen-bond acceptors (Lipinski definition) is 5. The molecule has 0 aliphatic carbocycles. The van der Waals surface area contributed by atoms with E-state index >= 15 is 0 Å². The van der Waals surface area contributed by atoms with Crippen LogP contribution >= 0.6 is 0 Å². The van der Waals surface area contributed by atoms with E-state index in [2.05, 4.69) is 43.5 Å². The third-order valence-corrected chi connectivity index (χ3v) is 19.0. The van der Waals surface area contributed by atoms with E-state index in [1.54, 1.807) is 0 Å². The molecule has 0 fully saturated rings. The highest BCUT2D eigenvalue weighted by molar-refractivity contribution is 5.76. The van der Waals surface area contributed by atoms with Gasteiger partial charge < -0.3 is 20.3 Å². The number of aliphatic hydroxyl groups excluding tert-OH is 2. The van der Waals surface area contributed by atoms with Crippen molar-refractivity contribution in [2.24, 2.45) is 0 Å². The molecule has 0 saturated carbocycles. The summed E-state index contributed by atoms with van der Waals surface area (Å²) < 4.78 is 5.50. The second kappa shape index (κ2) is 76.8. The highest BCUT2D eigenvalue weighted by Crippen LogP contribution is 2.20. The summed E-state index contributed by atoms with van der Waals surface area (Å²) in [6.07, 6.45) is 98.4. The van der Waals surface area contributed by atoms with Crippen LogP contribution in [0.25, 0.3) is 0 Å². The molecule has 0 aliphatic rings. The Morgan fingerprint density at radius 2 is 0.575 bits per heavy atom. The number of carbonyl (C=O) groups is 2. The van der Waals surface area contributed by atoms with Crippen molar-refractivity contribution in [2.45, 2.75) is 469 Å². The van der Waals surface area contributed by atoms with Gasteiger partial charge >= 0.3 is 5.97 Å². The van der Waals surface area contributed by atoms with Crippen LogP contribution in [0.2, 0.25) is 0 Å². The van der Waals surface area contributed by atoms with Crippen molar-refractivity contribution >= 4 is 11.9 Å². The van der Waals surface area contributed by atoms with E-state index in [4.69, 9.17) is 4.74 Å². The number of rotatable bonds is 76. The molecular weight excluding hydrogens is 1070 g/mol. The molecule has 2 atom stereocenters. The van der Waals surface area contributed by atoms with E-state index in [0.29, 0.717) is 25.9 Å². The molecule has 516 valence electrons. The first kappa shape index (κ1) is 85.3. The third kappa shape index (κ3) is 73.3. The first-order chi connectivity index (χ1) is 43.0. The van der Waals surface area contributed by atoms with Crippen molar-refractivity contribution in [2.75, 3.05) is 13.2 Å². The summed E-state index contributed by atoms with van der Waals surface area (Å²) in [6.45, 7) is 5.01. The van der Waals surface area contributed by atoms with Crippen LogP contribution < -0.4 is 5.32 Å². The second-order valence-electron chi connectivity index (χ2n) is 27.8. The van der Waals surface area contributed by atoms with Crippen molar-refractivity contribution in [3.63, 3.8) is 0 Å². The highest BCUT2D eigenvalue weighted by atomic mass is 16.5. The lowest BCUT2D eigenvalue weighted by Crippen LogP contribution is -2.45. The fourth-order valence-corrected chi connectivity index (χ4v) is 12.9. The minimum atomic E-state index is -0.665. The summed E-state index contributed by atoms with van der Waals surface area (Å²) in [6, 6.07) is -0.542. The molecule has 0 aromatic rings. The number of aliphatic hydroxyl groups is 2. The molecule has 0 aromatic carbocycles. The van der Waals surface area contributed by atoms with Crippen molar-refractivity contribution < 1.29 is 24.5 Å². The Morgan fingerprint density at radius 1 is 0.322 bits per heavy atom. The van der Waals surface area contributed by atoms with Gasteiger partial charge in [-0.1, -0.05) is 411 Å². The monoisotopic (exact) mass is 1220 g/mol. The van der Waals surface area contributed by atoms with E-state index in [0.717, 1.165) is 44.9 Å². The molecule has 0 aromatic heterocycles. The normalized spacial score (nSPS) is 12.6. The molecule has 0 bridgehead atoms. The van der Waals surface area contributed by atoms with Gasteiger partial charge in [0.2, 0.25) is 5.91 Å². The molecule has 0 saturated heterocycles. The zero-order valence-electron chi connectivity index (χ0n) is 59.3. The molecule has 2 unspecified atom stereocenters. The maximum absolute atomic E-state index is 12.6. The summed E-state index contributed by atoms with van der Waals surface area (Å²) in [5.41, 5.74) is 0. The quantitative estimate of drug-likeness (QED) is 0.0320. The summed E-state index contributed by atoms with van der Waals surface area (Å²) >= 11 is 0. The average molecular weight is 1230 g/mol. The minimum Gasteiger partial charge on any atom is -0.466 e.